The maximum absolute atomic E-state index is 9.97. The summed E-state index contributed by atoms with van der Waals surface area (Å²) in [5.74, 6) is 0.444. The van der Waals surface area contributed by atoms with Gasteiger partial charge in [-0.15, -0.1) is 0 Å². The average Bonchev–Trinajstić information content (AvgIpc) is 2.23. The van der Waals surface area contributed by atoms with Gasteiger partial charge in [0, 0.05) is 11.8 Å². The van der Waals surface area contributed by atoms with E-state index < -0.39 is 0 Å². The van der Waals surface area contributed by atoms with E-state index in [2.05, 4.69) is 9.97 Å². The van der Waals surface area contributed by atoms with Gasteiger partial charge in [0.1, 0.15) is 5.75 Å². The normalized spacial score (nSPS) is 10.4. The molecular weight excluding hydrogens is 202 g/mol. The highest BCUT2D eigenvalue weighted by Gasteiger charge is 2.09. The number of phenols is 1. The molecule has 82 valence electrons. The number of hydrogen-bond donors (Lipinski definition) is 2. The SMILES string of the molecule is Cc1cc(C)c(O)c(-c2ccnc(N)n2)c1. The molecule has 0 amide bonds. The molecule has 2 rings (SSSR count). The predicted molar refractivity (Wildman–Crippen MR) is 63.0 cm³/mol. The lowest BCUT2D eigenvalue weighted by atomic mass is 10.0. The third kappa shape index (κ3) is 1.82. The lowest BCUT2D eigenvalue weighted by Crippen LogP contribution is -1.96. The molecule has 0 saturated carbocycles. The zero-order chi connectivity index (χ0) is 11.7. The van der Waals surface area contributed by atoms with Gasteiger partial charge in [0.05, 0.1) is 5.69 Å². The van der Waals surface area contributed by atoms with Crippen LogP contribution >= 0.6 is 0 Å². The largest absolute Gasteiger partial charge is 0.507 e. The van der Waals surface area contributed by atoms with E-state index >= 15 is 0 Å². The lowest BCUT2D eigenvalue weighted by Gasteiger charge is -2.08. The smallest absolute Gasteiger partial charge is 0.220 e. The number of aromatic hydroxyl groups is 1. The third-order valence-electron chi connectivity index (χ3n) is 2.39. The van der Waals surface area contributed by atoms with Crippen molar-refractivity contribution in [2.75, 3.05) is 5.73 Å². The molecule has 0 aliphatic carbocycles. The van der Waals surface area contributed by atoms with Crippen LogP contribution in [0.5, 0.6) is 5.75 Å². The minimum Gasteiger partial charge on any atom is -0.507 e. The fraction of sp³-hybridized carbons (Fsp3) is 0.167. The molecule has 0 saturated heterocycles. The van der Waals surface area contributed by atoms with Gasteiger partial charge in [0.15, 0.2) is 0 Å². The van der Waals surface area contributed by atoms with Gasteiger partial charge in [0.2, 0.25) is 5.95 Å². The molecule has 0 atom stereocenters. The monoisotopic (exact) mass is 215 g/mol. The number of benzene rings is 1. The first-order valence-electron chi connectivity index (χ1n) is 4.97. The summed E-state index contributed by atoms with van der Waals surface area (Å²) in [6, 6.07) is 5.53. The molecule has 0 radical (unpaired) electrons. The molecule has 4 nitrogen and oxygen atoms in total. The number of rotatable bonds is 1. The Morgan fingerprint density at radius 3 is 2.69 bits per heavy atom. The first-order valence-corrected chi connectivity index (χ1v) is 4.97. The Bertz CT molecular complexity index is 538. The third-order valence-corrected chi connectivity index (χ3v) is 2.39. The number of nitrogens with two attached hydrogens (primary N) is 1. The first kappa shape index (κ1) is 10.4. The lowest BCUT2D eigenvalue weighted by molar-refractivity contribution is 0.473. The van der Waals surface area contributed by atoms with E-state index in [1.54, 1.807) is 12.3 Å². The van der Waals surface area contributed by atoms with Crippen LogP contribution in [0.15, 0.2) is 24.4 Å². The second-order valence-electron chi connectivity index (χ2n) is 3.78. The molecule has 0 fully saturated rings. The number of aromatic nitrogens is 2. The van der Waals surface area contributed by atoms with Crippen LogP contribution in [0.2, 0.25) is 0 Å². The topological polar surface area (TPSA) is 72.0 Å². The standard InChI is InChI=1S/C12H13N3O/c1-7-5-8(2)11(16)9(6-7)10-3-4-14-12(13)15-10/h3-6,16H,1-2H3,(H2,13,14,15). The highest BCUT2D eigenvalue weighted by molar-refractivity contribution is 5.69. The summed E-state index contributed by atoms with van der Waals surface area (Å²) in [5.41, 5.74) is 8.74. The first-order chi connectivity index (χ1) is 7.58. The van der Waals surface area contributed by atoms with Crippen LogP contribution in [0, 0.1) is 13.8 Å². The van der Waals surface area contributed by atoms with E-state index in [0.717, 1.165) is 11.1 Å². The summed E-state index contributed by atoms with van der Waals surface area (Å²) in [5, 5.41) is 9.97. The number of hydrogen-bond acceptors (Lipinski definition) is 4. The quantitative estimate of drug-likeness (QED) is 0.763. The number of phenolic OH excluding ortho intramolecular Hbond substituents is 1. The van der Waals surface area contributed by atoms with E-state index in [0.29, 0.717) is 11.3 Å². The number of aryl methyl sites for hydroxylation is 2. The van der Waals surface area contributed by atoms with Crippen LogP contribution in [0.3, 0.4) is 0 Å². The average molecular weight is 215 g/mol. The second kappa shape index (κ2) is 3.81. The van der Waals surface area contributed by atoms with Gasteiger partial charge in [-0.25, -0.2) is 9.97 Å². The van der Waals surface area contributed by atoms with Crippen molar-refractivity contribution in [1.29, 1.82) is 0 Å². The molecule has 1 aromatic carbocycles. The highest BCUT2D eigenvalue weighted by Crippen LogP contribution is 2.31. The Hall–Kier alpha value is -2.10. The maximum atomic E-state index is 9.97. The van der Waals surface area contributed by atoms with Crippen LogP contribution in [-0.2, 0) is 0 Å². The van der Waals surface area contributed by atoms with Crippen molar-refractivity contribution in [3.05, 3.63) is 35.5 Å². The van der Waals surface area contributed by atoms with E-state index in [-0.39, 0.29) is 11.7 Å². The molecule has 0 aliphatic heterocycles. The number of nitrogens with zero attached hydrogens (tertiary/aromatic N) is 2. The fourth-order valence-corrected chi connectivity index (χ4v) is 1.68. The number of nitrogen functional groups attached to an aromatic ring is 1. The van der Waals surface area contributed by atoms with Gasteiger partial charge in [-0.2, -0.15) is 0 Å². The summed E-state index contributed by atoms with van der Waals surface area (Å²) in [4.78, 5) is 7.92. The van der Waals surface area contributed by atoms with Crippen molar-refractivity contribution < 1.29 is 5.11 Å². The second-order valence-corrected chi connectivity index (χ2v) is 3.78. The Kier molecular flexibility index (Phi) is 2.48. The van der Waals surface area contributed by atoms with Crippen molar-refractivity contribution in [3.63, 3.8) is 0 Å². The zero-order valence-electron chi connectivity index (χ0n) is 9.23. The predicted octanol–water partition coefficient (Wildman–Crippen LogP) is 2.05. The van der Waals surface area contributed by atoms with Crippen LogP contribution < -0.4 is 5.73 Å². The summed E-state index contributed by atoms with van der Waals surface area (Å²) < 4.78 is 0. The fourth-order valence-electron chi connectivity index (χ4n) is 1.68. The molecule has 0 spiro atoms. The van der Waals surface area contributed by atoms with Gasteiger partial charge >= 0.3 is 0 Å². The Labute approximate surface area is 93.8 Å². The van der Waals surface area contributed by atoms with Crippen LogP contribution in [0.1, 0.15) is 11.1 Å². The van der Waals surface area contributed by atoms with Gasteiger partial charge in [-0.3, -0.25) is 0 Å². The van der Waals surface area contributed by atoms with E-state index in [4.69, 9.17) is 5.73 Å². The van der Waals surface area contributed by atoms with Gasteiger partial charge in [-0.05, 0) is 37.1 Å². The van der Waals surface area contributed by atoms with Gasteiger partial charge in [-0.1, -0.05) is 6.07 Å². The van der Waals surface area contributed by atoms with Crippen LogP contribution in [0.25, 0.3) is 11.3 Å². The molecular formula is C12H13N3O. The summed E-state index contributed by atoms with van der Waals surface area (Å²) in [6.07, 6.45) is 1.58. The molecule has 1 heterocycles. The van der Waals surface area contributed by atoms with E-state index in [1.165, 1.54) is 0 Å². The number of anilines is 1. The molecule has 2 aromatic rings. The van der Waals surface area contributed by atoms with Crippen molar-refractivity contribution >= 4 is 5.95 Å². The Morgan fingerprint density at radius 1 is 1.25 bits per heavy atom. The van der Waals surface area contributed by atoms with Crippen molar-refractivity contribution in [1.82, 2.24) is 9.97 Å². The molecule has 0 bridgehead atoms. The van der Waals surface area contributed by atoms with Gasteiger partial charge in [0.25, 0.3) is 0 Å². The van der Waals surface area contributed by atoms with Crippen LogP contribution in [0.4, 0.5) is 5.95 Å². The van der Waals surface area contributed by atoms with E-state index in [1.807, 2.05) is 26.0 Å². The molecule has 16 heavy (non-hydrogen) atoms. The molecule has 4 heteroatoms. The molecule has 0 unspecified atom stereocenters. The zero-order valence-corrected chi connectivity index (χ0v) is 9.23. The highest BCUT2D eigenvalue weighted by atomic mass is 16.3. The maximum Gasteiger partial charge on any atom is 0.220 e. The van der Waals surface area contributed by atoms with E-state index in [9.17, 15) is 5.11 Å². The summed E-state index contributed by atoms with van der Waals surface area (Å²) >= 11 is 0. The molecule has 3 N–H and O–H groups in total. The Balaban J connectivity index is 2.64. The summed E-state index contributed by atoms with van der Waals surface area (Å²) in [7, 11) is 0. The van der Waals surface area contributed by atoms with Crippen molar-refractivity contribution in [3.8, 4) is 17.0 Å². The minimum absolute atomic E-state index is 0.205. The summed E-state index contributed by atoms with van der Waals surface area (Å²) in [6.45, 7) is 3.83. The van der Waals surface area contributed by atoms with Crippen molar-refractivity contribution in [2.45, 2.75) is 13.8 Å². The minimum atomic E-state index is 0.205. The van der Waals surface area contributed by atoms with Gasteiger partial charge < -0.3 is 10.8 Å². The molecule has 0 aliphatic rings. The van der Waals surface area contributed by atoms with Crippen LogP contribution in [-0.4, -0.2) is 15.1 Å². The van der Waals surface area contributed by atoms with Crippen molar-refractivity contribution in [2.24, 2.45) is 0 Å². The molecule has 1 aromatic heterocycles. The Morgan fingerprint density at radius 2 is 2.00 bits per heavy atom.